The van der Waals surface area contributed by atoms with Crippen molar-refractivity contribution in [1.82, 2.24) is 15.0 Å². The van der Waals surface area contributed by atoms with E-state index in [0.717, 1.165) is 56.2 Å². The Bertz CT molecular complexity index is 1430. The minimum Gasteiger partial charge on any atom is -0.378 e. The summed E-state index contributed by atoms with van der Waals surface area (Å²) in [6.45, 7) is 0. The molecule has 0 aliphatic carbocycles. The Morgan fingerprint density at radius 1 is 0.794 bits per heavy atom. The summed E-state index contributed by atoms with van der Waals surface area (Å²) < 4.78 is 0. The minimum atomic E-state index is 0.624. The lowest BCUT2D eigenvalue weighted by molar-refractivity contribution is 1.13. The number of nitrogens with zero attached hydrogens (tertiary/aromatic N) is 4. The van der Waals surface area contributed by atoms with E-state index >= 15 is 0 Å². The van der Waals surface area contributed by atoms with Crippen molar-refractivity contribution in [2.24, 2.45) is 0 Å². The summed E-state index contributed by atoms with van der Waals surface area (Å²) >= 11 is 0. The topological polar surface area (TPSA) is 74.7 Å². The van der Waals surface area contributed by atoms with Crippen LogP contribution in [-0.2, 0) is 0 Å². The van der Waals surface area contributed by atoms with E-state index in [9.17, 15) is 5.26 Å². The van der Waals surface area contributed by atoms with Crippen molar-refractivity contribution >= 4 is 22.3 Å². The fourth-order valence-electron chi connectivity index (χ4n) is 4.15. The normalized spacial score (nSPS) is 10.9. The van der Waals surface area contributed by atoms with Crippen LogP contribution in [-0.4, -0.2) is 43.1 Å². The van der Waals surface area contributed by atoms with Gasteiger partial charge in [-0.15, -0.1) is 0 Å². The molecule has 5 rings (SSSR count). The van der Waals surface area contributed by atoms with Gasteiger partial charge >= 0.3 is 0 Å². The monoisotopic (exact) mass is 446 g/mol. The standard InChI is InChI=1S/C28H26N6/c1-33(2)21-10-6-19(7-11-21)26-27(20-8-12-22(13-9-20)34(3)4)32-28(31-26)24-17-30-25-14-5-18(16-29)15-23(24)25/h5-15,17,30H,1-4H3,(H,31,32). The number of hydrogen-bond acceptors (Lipinski definition) is 4. The summed E-state index contributed by atoms with van der Waals surface area (Å²) in [7, 11) is 8.14. The van der Waals surface area contributed by atoms with Gasteiger partial charge in [-0.05, 0) is 42.5 Å². The van der Waals surface area contributed by atoms with E-state index in [-0.39, 0.29) is 0 Å². The maximum absolute atomic E-state index is 9.37. The average Bonchev–Trinajstić information content (AvgIpc) is 3.48. The number of H-pyrrole nitrogens is 2. The molecule has 6 nitrogen and oxygen atoms in total. The lowest BCUT2D eigenvalue weighted by atomic mass is 10.0. The highest BCUT2D eigenvalue weighted by molar-refractivity contribution is 5.96. The van der Waals surface area contributed by atoms with E-state index in [1.165, 1.54) is 0 Å². The first-order valence-corrected chi connectivity index (χ1v) is 11.1. The third-order valence-corrected chi connectivity index (χ3v) is 6.10. The van der Waals surface area contributed by atoms with Crippen LogP contribution in [0.2, 0.25) is 0 Å². The molecule has 0 radical (unpaired) electrons. The van der Waals surface area contributed by atoms with Gasteiger partial charge in [0.15, 0.2) is 0 Å². The molecule has 168 valence electrons. The SMILES string of the molecule is CN(C)c1ccc(-c2nc(-c3c[nH]c4ccc(C#N)cc34)[nH]c2-c2ccc(N(C)C)cc2)cc1. The second kappa shape index (κ2) is 8.45. The average molecular weight is 447 g/mol. The van der Waals surface area contributed by atoms with Crippen molar-refractivity contribution in [3.8, 4) is 40.0 Å². The van der Waals surface area contributed by atoms with Gasteiger partial charge in [0.25, 0.3) is 0 Å². The number of benzene rings is 3. The van der Waals surface area contributed by atoms with Gasteiger partial charge in [0, 0.05) is 73.4 Å². The molecule has 0 saturated carbocycles. The van der Waals surface area contributed by atoms with Gasteiger partial charge in [-0.1, -0.05) is 24.3 Å². The van der Waals surface area contributed by atoms with E-state index in [1.807, 2.05) is 52.6 Å². The Morgan fingerprint density at radius 2 is 1.41 bits per heavy atom. The molecule has 0 amide bonds. The van der Waals surface area contributed by atoms with Crippen LogP contribution in [0.5, 0.6) is 0 Å². The molecule has 2 aromatic heterocycles. The predicted molar refractivity (Wildman–Crippen MR) is 140 cm³/mol. The number of imidazole rings is 1. The zero-order valence-corrected chi connectivity index (χ0v) is 19.7. The maximum atomic E-state index is 9.37. The van der Waals surface area contributed by atoms with Crippen molar-refractivity contribution in [2.45, 2.75) is 0 Å². The van der Waals surface area contributed by atoms with Crippen LogP contribution in [0.25, 0.3) is 44.8 Å². The number of aromatic amines is 2. The van der Waals surface area contributed by atoms with Gasteiger partial charge in [0.2, 0.25) is 0 Å². The van der Waals surface area contributed by atoms with Crippen molar-refractivity contribution in [3.05, 3.63) is 78.5 Å². The molecule has 5 aromatic rings. The van der Waals surface area contributed by atoms with Crippen LogP contribution in [0.4, 0.5) is 11.4 Å². The molecule has 0 bridgehead atoms. The van der Waals surface area contributed by atoms with Gasteiger partial charge < -0.3 is 19.8 Å². The molecule has 0 fully saturated rings. The highest BCUT2D eigenvalue weighted by atomic mass is 15.1. The highest BCUT2D eigenvalue weighted by Gasteiger charge is 2.18. The van der Waals surface area contributed by atoms with Crippen LogP contribution >= 0.6 is 0 Å². The summed E-state index contributed by atoms with van der Waals surface area (Å²) in [4.78, 5) is 16.1. The summed E-state index contributed by atoms with van der Waals surface area (Å²) in [5.41, 5.74) is 8.77. The molecule has 6 heteroatoms. The molecular formula is C28H26N6. The summed E-state index contributed by atoms with van der Waals surface area (Å²) in [5, 5.41) is 10.3. The Kier molecular flexibility index (Phi) is 5.31. The van der Waals surface area contributed by atoms with E-state index in [0.29, 0.717) is 5.56 Å². The Morgan fingerprint density at radius 3 is 2.00 bits per heavy atom. The number of fused-ring (bicyclic) bond motifs is 1. The third kappa shape index (κ3) is 3.78. The smallest absolute Gasteiger partial charge is 0.140 e. The van der Waals surface area contributed by atoms with Crippen molar-refractivity contribution < 1.29 is 0 Å². The second-order valence-electron chi connectivity index (χ2n) is 8.77. The molecule has 2 heterocycles. The molecule has 0 unspecified atom stereocenters. The molecule has 2 N–H and O–H groups in total. The molecule has 34 heavy (non-hydrogen) atoms. The quantitative estimate of drug-likeness (QED) is 0.353. The van der Waals surface area contributed by atoms with Gasteiger partial charge in [0.1, 0.15) is 5.82 Å². The maximum Gasteiger partial charge on any atom is 0.140 e. The van der Waals surface area contributed by atoms with Gasteiger partial charge in [-0.25, -0.2) is 4.98 Å². The van der Waals surface area contributed by atoms with Gasteiger partial charge in [-0.2, -0.15) is 5.26 Å². The van der Waals surface area contributed by atoms with Crippen molar-refractivity contribution in [1.29, 1.82) is 5.26 Å². The number of hydrogen-bond donors (Lipinski definition) is 2. The molecule has 0 aliphatic rings. The van der Waals surface area contributed by atoms with Crippen LogP contribution in [0.3, 0.4) is 0 Å². The Labute approximate surface area is 199 Å². The van der Waals surface area contributed by atoms with E-state index < -0.39 is 0 Å². The van der Waals surface area contributed by atoms with E-state index in [4.69, 9.17) is 4.98 Å². The fraction of sp³-hybridized carbons (Fsp3) is 0.143. The van der Waals surface area contributed by atoms with Crippen LogP contribution in [0, 0.1) is 11.3 Å². The molecule has 0 spiro atoms. The summed E-state index contributed by atoms with van der Waals surface area (Å²) in [6, 6.07) is 24.8. The van der Waals surface area contributed by atoms with Crippen LogP contribution in [0.15, 0.2) is 72.9 Å². The fourth-order valence-corrected chi connectivity index (χ4v) is 4.15. The van der Waals surface area contributed by atoms with Crippen LogP contribution in [0.1, 0.15) is 5.56 Å². The molecular weight excluding hydrogens is 420 g/mol. The molecule has 0 aliphatic heterocycles. The summed E-state index contributed by atoms with van der Waals surface area (Å²) in [6.07, 6.45) is 1.95. The largest absolute Gasteiger partial charge is 0.378 e. The molecule has 0 saturated heterocycles. The first-order valence-electron chi connectivity index (χ1n) is 11.1. The van der Waals surface area contributed by atoms with Crippen LogP contribution < -0.4 is 9.80 Å². The Hall–Kier alpha value is -4.50. The molecule has 0 atom stereocenters. The van der Waals surface area contributed by atoms with E-state index in [2.05, 4.69) is 74.4 Å². The van der Waals surface area contributed by atoms with Crippen molar-refractivity contribution in [3.63, 3.8) is 0 Å². The Balaban J connectivity index is 1.68. The lowest BCUT2D eigenvalue weighted by Crippen LogP contribution is -2.08. The number of aromatic nitrogens is 3. The van der Waals surface area contributed by atoms with Crippen molar-refractivity contribution in [2.75, 3.05) is 38.0 Å². The predicted octanol–water partition coefficient (Wildman–Crippen LogP) is 5.90. The highest BCUT2D eigenvalue weighted by Crippen LogP contribution is 2.36. The number of rotatable bonds is 5. The van der Waals surface area contributed by atoms with Gasteiger partial charge in [-0.3, -0.25) is 0 Å². The number of anilines is 2. The third-order valence-electron chi connectivity index (χ3n) is 6.10. The number of nitriles is 1. The summed E-state index contributed by atoms with van der Waals surface area (Å²) in [5.74, 6) is 0.764. The zero-order chi connectivity index (χ0) is 23.8. The molecule has 3 aromatic carbocycles. The number of nitrogens with one attached hydrogen (secondary N) is 2. The first kappa shape index (κ1) is 21.4. The second-order valence-corrected chi connectivity index (χ2v) is 8.77. The minimum absolute atomic E-state index is 0.624. The zero-order valence-electron chi connectivity index (χ0n) is 19.7. The van der Waals surface area contributed by atoms with Gasteiger partial charge in [0.05, 0.1) is 23.0 Å². The van der Waals surface area contributed by atoms with E-state index in [1.54, 1.807) is 0 Å². The first-order chi connectivity index (χ1) is 16.4. The lowest BCUT2D eigenvalue weighted by Gasteiger charge is -2.13.